The third-order valence-corrected chi connectivity index (χ3v) is 2.74. The molecule has 0 saturated heterocycles. The van der Waals surface area contributed by atoms with Crippen molar-refractivity contribution in [1.29, 1.82) is 0 Å². The summed E-state index contributed by atoms with van der Waals surface area (Å²) in [5.41, 5.74) is -0.240. The van der Waals surface area contributed by atoms with Crippen molar-refractivity contribution in [2.75, 3.05) is 7.11 Å². The Labute approximate surface area is 108 Å². The van der Waals surface area contributed by atoms with E-state index in [1.54, 1.807) is 0 Å². The Balaban J connectivity index is 2.51. The predicted molar refractivity (Wildman–Crippen MR) is 63.4 cm³/mol. The first-order valence-corrected chi connectivity index (χ1v) is 5.49. The van der Waals surface area contributed by atoms with Crippen LogP contribution in [0.3, 0.4) is 0 Å². The molecule has 0 amide bonds. The summed E-state index contributed by atoms with van der Waals surface area (Å²) in [5.74, 6) is -1.88. The van der Waals surface area contributed by atoms with Crippen molar-refractivity contribution in [1.82, 2.24) is 0 Å². The molecule has 2 rings (SSSR count). The number of aliphatic hydroxyl groups excluding tert-OH is 1. The van der Waals surface area contributed by atoms with Crippen molar-refractivity contribution in [3.8, 4) is 5.75 Å². The number of rotatable bonds is 3. The standard InChI is InChI=1S/C14H11F3O2/c1-19-13-5-3-9(16)7-11(13)14(18)10-6-8(15)2-4-12(10)17/h2-7,14,18H,1H3. The second-order valence-electron chi connectivity index (χ2n) is 3.95. The minimum atomic E-state index is -1.51. The molecular formula is C14H11F3O2. The van der Waals surface area contributed by atoms with E-state index in [1.807, 2.05) is 0 Å². The summed E-state index contributed by atoms with van der Waals surface area (Å²) < 4.78 is 44.9. The predicted octanol–water partition coefficient (Wildman–Crippen LogP) is 3.19. The van der Waals surface area contributed by atoms with E-state index in [2.05, 4.69) is 0 Å². The Morgan fingerprint density at radius 2 is 1.53 bits per heavy atom. The summed E-state index contributed by atoms with van der Waals surface area (Å²) in [5, 5.41) is 10.1. The molecule has 0 fully saturated rings. The second kappa shape index (κ2) is 5.32. The Hall–Kier alpha value is -2.01. The lowest BCUT2D eigenvalue weighted by atomic mass is 10.00. The molecule has 100 valence electrons. The SMILES string of the molecule is COc1ccc(F)cc1C(O)c1cc(F)ccc1F. The zero-order valence-electron chi connectivity index (χ0n) is 10.0. The maximum Gasteiger partial charge on any atom is 0.129 e. The van der Waals surface area contributed by atoms with Gasteiger partial charge in [-0.3, -0.25) is 0 Å². The van der Waals surface area contributed by atoms with Gasteiger partial charge in [0.05, 0.1) is 7.11 Å². The minimum Gasteiger partial charge on any atom is -0.496 e. The topological polar surface area (TPSA) is 29.5 Å². The van der Waals surface area contributed by atoms with E-state index in [4.69, 9.17) is 4.74 Å². The molecule has 1 atom stereocenters. The van der Waals surface area contributed by atoms with Gasteiger partial charge in [-0.25, -0.2) is 13.2 Å². The van der Waals surface area contributed by atoms with Gasteiger partial charge in [0.15, 0.2) is 0 Å². The third-order valence-electron chi connectivity index (χ3n) is 2.74. The number of benzene rings is 2. The second-order valence-corrected chi connectivity index (χ2v) is 3.95. The van der Waals surface area contributed by atoms with Crippen molar-refractivity contribution in [2.24, 2.45) is 0 Å². The molecule has 2 aromatic carbocycles. The molecule has 0 aliphatic heterocycles. The normalized spacial score (nSPS) is 12.3. The fraction of sp³-hybridized carbons (Fsp3) is 0.143. The zero-order chi connectivity index (χ0) is 14.0. The minimum absolute atomic E-state index is 0.0343. The number of hydrogen-bond acceptors (Lipinski definition) is 2. The third kappa shape index (κ3) is 2.71. The summed E-state index contributed by atoms with van der Waals surface area (Å²) in [6.07, 6.45) is -1.51. The molecule has 0 saturated carbocycles. The van der Waals surface area contributed by atoms with E-state index in [-0.39, 0.29) is 16.9 Å². The van der Waals surface area contributed by atoms with E-state index in [1.165, 1.54) is 13.2 Å². The fourth-order valence-corrected chi connectivity index (χ4v) is 1.81. The smallest absolute Gasteiger partial charge is 0.129 e. The Bertz CT molecular complexity index is 599. The molecule has 5 heteroatoms. The fourth-order valence-electron chi connectivity index (χ4n) is 1.81. The van der Waals surface area contributed by atoms with Gasteiger partial charge in [0.25, 0.3) is 0 Å². The van der Waals surface area contributed by atoms with E-state index < -0.39 is 23.6 Å². The van der Waals surface area contributed by atoms with Crippen LogP contribution in [0.15, 0.2) is 36.4 Å². The van der Waals surface area contributed by atoms with Crippen LogP contribution in [0, 0.1) is 17.5 Å². The van der Waals surface area contributed by atoms with Crippen LogP contribution in [0.25, 0.3) is 0 Å². The molecule has 1 unspecified atom stereocenters. The van der Waals surface area contributed by atoms with Gasteiger partial charge in [-0.1, -0.05) is 0 Å². The van der Waals surface area contributed by atoms with Crippen LogP contribution in [-0.2, 0) is 0 Å². The lowest BCUT2D eigenvalue weighted by Gasteiger charge is -2.16. The molecule has 0 bridgehead atoms. The molecule has 1 N–H and O–H groups in total. The van der Waals surface area contributed by atoms with Gasteiger partial charge >= 0.3 is 0 Å². The number of aliphatic hydroxyl groups is 1. The van der Waals surface area contributed by atoms with Gasteiger partial charge in [0.2, 0.25) is 0 Å². The average molecular weight is 268 g/mol. The zero-order valence-corrected chi connectivity index (χ0v) is 10.0. The first-order valence-electron chi connectivity index (χ1n) is 5.49. The maximum absolute atomic E-state index is 13.6. The van der Waals surface area contributed by atoms with Crippen LogP contribution in [0.1, 0.15) is 17.2 Å². The molecule has 0 aliphatic carbocycles. The molecule has 19 heavy (non-hydrogen) atoms. The van der Waals surface area contributed by atoms with Gasteiger partial charge < -0.3 is 9.84 Å². The van der Waals surface area contributed by atoms with Gasteiger partial charge in [-0.05, 0) is 36.4 Å². The molecule has 0 radical (unpaired) electrons. The van der Waals surface area contributed by atoms with Gasteiger partial charge in [-0.15, -0.1) is 0 Å². The maximum atomic E-state index is 13.6. The van der Waals surface area contributed by atoms with Crippen molar-refractivity contribution in [3.63, 3.8) is 0 Å². The highest BCUT2D eigenvalue weighted by Crippen LogP contribution is 2.32. The van der Waals surface area contributed by atoms with Crippen LogP contribution in [0.4, 0.5) is 13.2 Å². The number of methoxy groups -OCH3 is 1. The summed E-state index contributed by atoms with van der Waals surface area (Å²) in [4.78, 5) is 0. The molecule has 2 aromatic rings. The highest BCUT2D eigenvalue weighted by Gasteiger charge is 2.20. The molecule has 2 nitrogen and oxygen atoms in total. The molecular weight excluding hydrogens is 257 g/mol. The Morgan fingerprint density at radius 1 is 0.947 bits per heavy atom. The number of hydrogen-bond donors (Lipinski definition) is 1. The van der Waals surface area contributed by atoms with Gasteiger partial charge in [0, 0.05) is 11.1 Å². The summed E-state index contributed by atoms with van der Waals surface area (Å²) in [6.45, 7) is 0. The Kier molecular flexibility index (Phi) is 3.76. The summed E-state index contributed by atoms with van der Waals surface area (Å²) in [7, 11) is 1.34. The van der Waals surface area contributed by atoms with E-state index in [0.717, 1.165) is 30.3 Å². The average Bonchev–Trinajstić information content (AvgIpc) is 2.40. The van der Waals surface area contributed by atoms with Crippen molar-refractivity contribution < 1.29 is 23.0 Å². The van der Waals surface area contributed by atoms with E-state index in [0.29, 0.717) is 0 Å². The highest BCUT2D eigenvalue weighted by molar-refractivity contribution is 5.41. The molecule has 0 heterocycles. The van der Waals surface area contributed by atoms with Crippen LogP contribution >= 0.6 is 0 Å². The van der Waals surface area contributed by atoms with Crippen molar-refractivity contribution in [2.45, 2.75) is 6.10 Å². The van der Waals surface area contributed by atoms with Crippen LogP contribution in [0.5, 0.6) is 5.75 Å². The monoisotopic (exact) mass is 268 g/mol. The molecule has 0 aliphatic rings. The largest absolute Gasteiger partial charge is 0.496 e. The Morgan fingerprint density at radius 3 is 2.16 bits per heavy atom. The van der Waals surface area contributed by atoms with Crippen molar-refractivity contribution >= 4 is 0 Å². The molecule has 0 aromatic heterocycles. The van der Waals surface area contributed by atoms with Crippen molar-refractivity contribution in [3.05, 3.63) is 65.0 Å². The van der Waals surface area contributed by atoms with E-state index in [9.17, 15) is 18.3 Å². The van der Waals surface area contributed by atoms with Gasteiger partial charge in [-0.2, -0.15) is 0 Å². The van der Waals surface area contributed by atoms with Crippen LogP contribution in [-0.4, -0.2) is 12.2 Å². The number of halogens is 3. The lowest BCUT2D eigenvalue weighted by Crippen LogP contribution is -2.06. The summed E-state index contributed by atoms with van der Waals surface area (Å²) >= 11 is 0. The number of ether oxygens (including phenoxy) is 1. The van der Waals surface area contributed by atoms with Gasteiger partial charge in [0.1, 0.15) is 29.3 Å². The van der Waals surface area contributed by atoms with E-state index >= 15 is 0 Å². The first-order chi connectivity index (χ1) is 9.02. The molecule has 0 spiro atoms. The lowest BCUT2D eigenvalue weighted by molar-refractivity contribution is 0.208. The van der Waals surface area contributed by atoms with Crippen LogP contribution in [0.2, 0.25) is 0 Å². The van der Waals surface area contributed by atoms with Crippen LogP contribution < -0.4 is 4.74 Å². The quantitative estimate of drug-likeness (QED) is 0.926. The first kappa shape index (κ1) is 13.4. The summed E-state index contributed by atoms with van der Waals surface area (Å²) in [6, 6.07) is 6.19. The highest BCUT2D eigenvalue weighted by atomic mass is 19.1.